The Morgan fingerprint density at radius 2 is 2.04 bits per heavy atom. The molecule has 7 heteroatoms. The van der Waals surface area contributed by atoms with Gasteiger partial charge in [-0.2, -0.15) is 0 Å². The Bertz CT molecular complexity index is 533. The molecule has 24 heavy (non-hydrogen) atoms. The third kappa shape index (κ3) is 5.43. The number of nitrogens with one attached hydrogen (secondary N) is 1. The molecule has 5 nitrogen and oxygen atoms in total. The van der Waals surface area contributed by atoms with Gasteiger partial charge in [0.15, 0.2) is 11.5 Å². The van der Waals surface area contributed by atoms with Crippen LogP contribution in [0, 0.1) is 0 Å². The second-order valence-corrected chi connectivity index (χ2v) is 5.87. The lowest BCUT2D eigenvalue weighted by Gasteiger charge is -2.21. The van der Waals surface area contributed by atoms with E-state index in [1.54, 1.807) is 12.1 Å². The highest BCUT2D eigenvalue weighted by Gasteiger charge is 2.21. The Kier molecular flexibility index (Phi) is 9.26. The fourth-order valence-electron chi connectivity index (χ4n) is 2.53. The molecule has 1 aromatic carbocycles. The third-order valence-electron chi connectivity index (χ3n) is 3.63. The molecule has 0 aromatic heterocycles. The molecular formula is C17H26Cl2N2O3. The summed E-state index contributed by atoms with van der Waals surface area (Å²) >= 11 is 6.33. The molecule has 0 aliphatic carbocycles. The maximum absolute atomic E-state index is 12.7. The van der Waals surface area contributed by atoms with E-state index in [9.17, 15) is 4.79 Å². The molecule has 0 spiro atoms. The van der Waals surface area contributed by atoms with Gasteiger partial charge in [-0.15, -0.1) is 12.4 Å². The van der Waals surface area contributed by atoms with Crippen LogP contribution in [0.1, 0.15) is 37.0 Å². The van der Waals surface area contributed by atoms with Gasteiger partial charge in [0.1, 0.15) is 0 Å². The molecule has 0 bridgehead atoms. The number of hydrogen-bond donors (Lipinski definition) is 1. The van der Waals surface area contributed by atoms with Gasteiger partial charge < -0.3 is 19.7 Å². The van der Waals surface area contributed by atoms with E-state index in [0.29, 0.717) is 41.8 Å². The first-order chi connectivity index (χ1) is 11.2. The van der Waals surface area contributed by atoms with Gasteiger partial charge in [-0.1, -0.05) is 18.5 Å². The van der Waals surface area contributed by atoms with Gasteiger partial charge in [0.05, 0.1) is 18.2 Å². The maximum atomic E-state index is 12.7. The van der Waals surface area contributed by atoms with Crippen molar-refractivity contribution < 1.29 is 14.3 Å². The van der Waals surface area contributed by atoms with E-state index in [1.807, 2.05) is 18.7 Å². The lowest BCUT2D eigenvalue weighted by Crippen LogP contribution is -2.34. The number of ether oxygens (including phenoxy) is 2. The smallest absolute Gasteiger partial charge is 0.254 e. The van der Waals surface area contributed by atoms with Crippen LogP contribution in [0.5, 0.6) is 11.5 Å². The molecule has 0 radical (unpaired) electrons. The normalized spacial score (nSPS) is 14.5. The molecule has 136 valence electrons. The average Bonchev–Trinajstić information content (AvgIpc) is 2.82. The third-order valence-corrected chi connectivity index (χ3v) is 3.91. The van der Waals surface area contributed by atoms with Crippen molar-refractivity contribution in [2.24, 2.45) is 0 Å². The summed E-state index contributed by atoms with van der Waals surface area (Å²) in [4.78, 5) is 14.6. The molecule has 2 rings (SSSR count). The summed E-state index contributed by atoms with van der Waals surface area (Å²) in [6.45, 7) is 8.19. The van der Waals surface area contributed by atoms with Crippen LogP contribution in [0.15, 0.2) is 12.1 Å². The number of carbonyl (C=O) groups is 1. The van der Waals surface area contributed by atoms with Crippen LogP contribution in [0.2, 0.25) is 5.02 Å². The molecular weight excluding hydrogens is 351 g/mol. The van der Waals surface area contributed by atoms with Crippen molar-refractivity contribution in [1.82, 2.24) is 10.2 Å². The van der Waals surface area contributed by atoms with Crippen molar-refractivity contribution in [2.45, 2.75) is 26.7 Å². The SMILES string of the molecule is CCCOc1c(Cl)cc(C(=O)N2CCCNCC2)cc1OCC.Cl. The Morgan fingerprint density at radius 1 is 1.25 bits per heavy atom. The van der Waals surface area contributed by atoms with E-state index in [2.05, 4.69) is 5.32 Å². The zero-order valence-electron chi connectivity index (χ0n) is 14.3. The van der Waals surface area contributed by atoms with Gasteiger partial charge >= 0.3 is 0 Å². The first-order valence-electron chi connectivity index (χ1n) is 8.26. The fourth-order valence-corrected chi connectivity index (χ4v) is 2.80. The van der Waals surface area contributed by atoms with Crippen molar-refractivity contribution in [3.8, 4) is 11.5 Å². The predicted molar refractivity (Wildman–Crippen MR) is 99.0 cm³/mol. The highest BCUT2D eigenvalue weighted by atomic mass is 35.5. The molecule has 0 unspecified atom stereocenters. The summed E-state index contributed by atoms with van der Waals surface area (Å²) in [5.74, 6) is 1.03. The van der Waals surface area contributed by atoms with E-state index in [0.717, 1.165) is 32.5 Å². The van der Waals surface area contributed by atoms with E-state index < -0.39 is 0 Å². The average molecular weight is 377 g/mol. The number of halogens is 2. The predicted octanol–water partition coefficient (Wildman–Crippen LogP) is 3.38. The van der Waals surface area contributed by atoms with E-state index in [-0.39, 0.29) is 18.3 Å². The van der Waals surface area contributed by atoms with Crippen molar-refractivity contribution >= 4 is 29.9 Å². The Hall–Kier alpha value is -1.17. The minimum Gasteiger partial charge on any atom is -0.490 e. The van der Waals surface area contributed by atoms with Gasteiger partial charge in [0, 0.05) is 25.2 Å². The Labute approximate surface area is 155 Å². The second kappa shape index (κ2) is 10.6. The van der Waals surface area contributed by atoms with Gasteiger partial charge in [0.2, 0.25) is 0 Å². The summed E-state index contributed by atoms with van der Waals surface area (Å²) in [6, 6.07) is 3.41. The van der Waals surface area contributed by atoms with Crippen molar-refractivity contribution in [3.63, 3.8) is 0 Å². The topological polar surface area (TPSA) is 50.8 Å². The summed E-state index contributed by atoms with van der Waals surface area (Å²) in [6.07, 6.45) is 1.83. The quantitative estimate of drug-likeness (QED) is 0.826. The molecule has 1 aliphatic rings. The molecule has 0 saturated carbocycles. The van der Waals surface area contributed by atoms with Crippen molar-refractivity contribution in [1.29, 1.82) is 0 Å². The molecule has 1 amide bonds. The van der Waals surface area contributed by atoms with Crippen LogP contribution in [0.25, 0.3) is 0 Å². The van der Waals surface area contributed by atoms with Crippen LogP contribution in [-0.4, -0.2) is 50.2 Å². The Morgan fingerprint density at radius 3 is 2.75 bits per heavy atom. The van der Waals surface area contributed by atoms with Crippen LogP contribution in [-0.2, 0) is 0 Å². The maximum Gasteiger partial charge on any atom is 0.254 e. The molecule has 1 heterocycles. The summed E-state index contributed by atoms with van der Waals surface area (Å²) in [5, 5.41) is 3.71. The van der Waals surface area contributed by atoms with Gasteiger partial charge in [-0.25, -0.2) is 0 Å². The van der Waals surface area contributed by atoms with Gasteiger partial charge in [-0.05, 0) is 38.4 Å². The van der Waals surface area contributed by atoms with Crippen LogP contribution < -0.4 is 14.8 Å². The zero-order valence-corrected chi connectivity index (χ0v) is 15.8. The monoisotopic (exact) mass is 376 g/mol. The molecule has 1 saturated heterocycles. The highest BCUT2D eigenvalue weighted by Crippen LogP contribution is 2.37. The van der Waals surface area contributed by atoms with E-state index in [4.69, 9.17) is 21.1 Å². The molecule has 1 aromatic rings. The zero-order chi connectivity index (χ0) is 16.7. The summed E-state index contributed by atoms with van der Waals surface area (Å²) < 4.78 is 11.3. The number of carbonyl (C=O) groups excluding carboxylic acids is 1. The summed E-state index contributed by atoms with van der Waals surface area (Å²) in [7, 11) is 0. The van der Waals surface area contributed by atoms with E-state index in [1.165, 1.54) is 0 Å². The van der Waals surface area contributed by atoms with Crippen LogP contribution in [0.4, 0.5) is 0 Å². The summed E-state index contributed by atoms with van der Waals surface area (Å²) in [5.41, 5.74) is 0.546. The largest absolute Gasteiger partial charge is 0.490 e. The van der Waals surface area contributed by atoms with E-state index >= 15 is 0 Å². The number of amides is 1. The number of nitrogens with zero attached hydrogens (tertiary/aromatic N) is 1. The van der Waals surface area contributed by atoms with Crippen molar-refractivity contribution in [3.05, 3.63) is 22.7 Å². The number of benzene rings is 1. The van der Waals surface area contributed by atoms with Crippen molar-refractivity contribution in [2.75, 3.05) is 39.4 Å². The lowest BCUT2D eigenvalue weighted by molar-refractivity contribution is 0.0766. The van der Waals surface area contributed by atoms with Gasteiger partial charge in [0.25, 0.3) is 5.91 Å². The minimum absolute atomic E-state index is 0. The van der Waals surface area contributed by atoms with Crippen LogP contribution in [0.3, 0.4) is 0 Å². The fraction of sp³-hybridized carbons (Fsp3) is 0.588. The Balaban J connectivity index is 0.00000288. The number of hydrogen-bond acceptors (Lipinski definition) is 4. The highest BCUT2D eigenvalue weighted by molar-refractivity contribution is 6.32. The second-order valence-electron chi connectivity index (χ2n) is 5.46. The minimum atomic E-state index is -0.0152. The van der Waals surface area contributed by atoms with Crippen LogP contribution >= 0.6 is 24.0 Å². The molecule has 1 aliphatic heterocycles. The molecule has 1 N–H and O–H groups in total. The number of rotatable bonds is 6. The molecule has 0 atom stereocenters. The molecule has 1 fully saturated rings. The van der Waals surface area contributed by atoms with Gasteiger partial charge in [-0.3, -0.25) is 4.79 Å². The first-order valence-corrected chi connectivity index (χ1v) is 8.64. The first kappa shape index (κ1) is 20.9. The standard InChI is InChI=1S/C17H25ClN2O3.ClH/c1-3-10-23-16-14(18)11-13(12-15(16)22-4-2)17(21)20-8-5-6-19-7-9-20;/h11-12,19H,3-10H2,1-2H3;1H. The lowest BCUT2D eigenvalue weighted by atomic mass is 10.1.